The monoisotopic (exact) mass is 305 g/mol. The average Bonchev–Trinajstić information content (AvgIpc) is 3.12. The molecule has 2 aromatic heterocycles. The first-order chi connectivity index (χ1) is 10.8. The van der Waals surface area contributed by atoms with Crippen molar-refractivity contribution in [3.63, 3.8) is 0 Å². The molecule has 0 saturated heterocycles. The third-order valence-corrected chi connectivity index (χ3v) is 3.55. The summed E-state index contributed by atoms with van der Waals surface area (Å²) < 4.78 is 1.68. The number of carbonyl (C=O) groups is 1. The van der Waals surface area contributed by atoms with Gasteiger partial charge in [-0.3, -0.25) is 9.36 Å². The van der Waals surface area contributed by atoms with Gasteiger partial charge in [-0.2, -0.15) is 0 Å². The predicted molar refractivity (Wildman–Crippen MR) is 83.8 cm³/mol. The molecule has 7 nitrogen and oxygen atoms in total. The standard InChI is InChI=1S/C14H17N5O.CH4O.H2/c20-13(17-11-4-2-1-3-5-11)12-6-7-16-14(18-12)19-9-8-15-10-19;1-2;/h6-11H,1-5H2,(H,17,20);2H,1H3;1H. The molecule has 0 aliphatic heterocycles. The Morgan fingerprint density at radius 2 is 2.09 bits per heavy atom. The summed E-state index contributed by atoms with van der Waals surface area (Å²) in [6, 6.07) is 1.92. The lowest BCUT2D eigenvalue weighted by Crippen LogP contribution is -2.36. The molecule has 2 N–H and O–H groups in total. The molecule has 0 radical (unpaired) electrons. The lowest BCUT2D eigenvalue weighted by Gasteiger charge is -2.22. The fourth-order valence-corrected chi connectivity index (χ4v) is 2.48. The van der Waals surface area contributed by atoms with Gasteiger partial charge in [0.2, 0.25) is 5.95 Å². The first-order valence-corrected chi connectivity index (χ1v) is 7.40. The zero-order valence-electron chi connectivity index (χ0n) is 12.6. The van der Waals surface area contributed by atoms with Crippen LogP contribution in [0.4, 0.5) is 0 Å². The highest BCUT2D eigenvalue weighted by molar-refractivity contribution is 5.92. The number of hydrogen-bond acceptors (Lipinski definition) is 5. The van der Waals surface area contributed by atoms with E-state index in [1.807, 2.05) is 0 Å². The molecule has 2 heterocycles. The largest absolute Gasteiger partial charge is 0.400 e. The number of hydrogen-bond donors (Lipinski definition) is 2. The van der Waals surface area contributed by atoms with Gasteiger partial charge in [0.05, 0.1) is 0 Å². The Bertz CT molecular complexity index is 585. The highest BCUT2D eigenvalue weighted by Gasteiger charge is 2.17. The van der Waals surface area contributed by atoms with Gasteiger partial charge in [0.15, 0.2) is 0 Å². The number of aromatic nitrogens is 4. The molecule has 22 heavy (non-hydrogen) atoms. The van der Waals surface area contributed by atoms with Crippen LogP contribution in [0, 0.1) is 0 Å². The third kappa shape index (κ3) is 4.11. The second-order valence-electron chi connectivity index (χ2n) is 5.02. The van der Waals surface area contributed by atoms with E-state index in [9.17, 15) is 4.79 Å². The Morgan fingerprint density at radius 1 is 1.32 bits per heavy atom. The molecular formula is C15H23N5O2. The molecule has 3 rings (SSSR count). The zero-order valence-corrected chi connectivity index (χ0v) is 12.6. The van der Waals surface area contributed by atoms with Gasteiger partial charge < -0.3 is 10.4 Å². The summed E-state index contributed by atoms with van der Waals surface area (Å²) in [7, 11) is 1.00. The second-order valence-corrected chi connectivity index (χ2v) is 5.02. The third-order valence-electron chi connectivity index (χ3n) is 3.55. The second kappa shape index (κ2) is 8.23. The van der Waals surface area contributed by atoms with Gasteiger partial charge in [0, 0.05) is 33.2 Å². The first kappa shape index (κ1) is 16.1. The first-order valence-electron chi connectivity index (χ1n) is 7.40. The topological polar surface area (TPSA) is 92.9 Å². The maximum absolute atomic E-state index is 12.2. The highest BCUT2D eigenvalue weighted by Crippen LogP contribution is 2.17. The van der Waals surface area contributed by atoms with Crippen LogP contribution in [0.25, 0.3) is 5.95 Å². The number of aliphatic hydroxyl groups excluding tert-OH is 1. The number of nitrogens with one attached hydrogen (secondary N) is 1. The minimum absolute atomic E-state index is 0. The maximum Gasteiger partial charge on any atom is 0.270 e. The van der Waals surface area contributed by atoms with E-state index in [-0.39, 0.29) is 13.4 Å². The molecule has 1 fully saturated rings. The number of aliphatic hydroxyl groups is 1. The molecular weight excluding hydrogens is 282 g/mol. The lowest BCUT2D eigenvalue weighted by atomic mass is 9.95. The van der Waals surface area contributed by atoms with Crippen molar-refractivity contribution in [3.8, 4) is 5.95 Å². The fourth-order valence-electron chi connectivity index (χ4n) is 2.48. The van der Waals surface area contributed by atoms with Crippen molar-refractivity contribution in [2.45, 2.75) is 38.1 Å². The summed E-state index contributed by atoms with van der Waals surface area (Å²) in [6.45, 7) is 0. The van der Waals surface area contributed by atoms with Gasteiger partial charge in [-0.25, -0.2) is 15.0 Å². The molecule has 0 atom stereocenters. The van der Waals surface area contributed by atoms with E-state index in [0.717, 1.165) is 20.0 Å². The Balaban J connectivity index is 0.000000849. The highest BCUT2D eigenvalue weighted by atomic mass is 16.2. The minimum atomic E-state index is -0.124. The average molecular weight is 305 g/mol. The van der Waals surface area contributed by atoms with E-state index in [2.05, 4.69) is 20.3 Å². The summed E-state index contributed by atoms with van der Waals surface area (Å²) in [4.78, 5) is 24.6. The van der Waals surface area contributed by atoms with Crippen LogP contribution in [0.2, 0.25) is 0 Å². The van der Waals surface area contributed by atoms with E-state index in [1.165, 1.54) is 19.3 Å². The quantitative estimate of drug-likeness (QED) is 0.898. The van der Waals surface area contributed by atoms with Crippen LogP contribution in [0.5, 0.6) is 0 Å². The molecule has 0 aromatic carbocycles. The molecule has 2 aromatic rings. The van der Waals surface area contributed by atoms with Gasteiger partial charge in [0.1, 0.15) is 12.0 Å². The van der Waals surface area contributed by atoms with Crippen LogP contribution in [0.15, 0.2) is 31.0 Å². The Labute approximate surface area is 130 Å². The van der Waals surface area contributed by atoms with Crippen molar-refractivity contribution in [2.75, 3.05) is 7.11 Å². The van der Waals surface area contributed by atoms with Gasteiger partial charge in [-0.1, -0.05) is 19.3 Å². The van der Waals surface area contributed by atoms with E-state index < -0.39 is 0 Å². The summed E-state index contributed by atoms with van der Waals surface area (Å²) in [5, 5.41) is 10.1. The van der Waals surface area contributed by atoms with Crippen LogP contribution in [0.3, 0.4) is 0 Å². The fraction of sp³-hybridized carbons (Fsp3) is 0.467. The van der Waals surface area contributed by atoms with Crippen LogP contribution in [0.1, 0.15) is 44.0 Å². The smallest absolute Gasteiger partial charge is 0.270 e. The van der Waals surface area contributed by atoms with Gasteiger partial charge in [0.25, 0.3) is 5.91 Å². The summed E-state index contributed by atoms with van der Waals surface area (Å²) in [6.07, 6.45) is 12.4. The van der Waals surface area contributed by atoms with Crippen molar-refractivity contribution < 1.29 is 11.3 Å². The van der Waals surface area contributed by atoms with Crippen molar-refractivity contribution in [3.05, 3.63) is 36.7 Å². The number of imidazole rings is 1. The van der Waals surface area contributed by atoms with Gasteiger partial charge in [-0.15, -0.1) is 0 Å². The van der Waals surface area contributed by atoms with Crippen LogP contribution in [-0.4, -0.2) is 43.7 Å². The van der Waals surface area contributed by atoms with Gasteiger partial charge >= 0.3 is 0 Å². The lowest BCUT2D eigenvalue weighted by molar-refractivity contribution is 0.0922. The zero-order chi connectivity index (χ0) is 15.8. The van der Waals surface area contributed by atoms with Gasteiger partial charge in [-0.05, 0) is 18.9 Å². The van der Waals surface area contributed by atoms with Crippen molar-refractivity contribution >= 4 is 5.91 Å². The Hall–Kier alpha value is -2.28. The molecule has 120 valence electrons. The molecule has 0 spiro atoms. The normalized spacial score (nSPS) is 14.8. The number of nitrogens with zero attached hydrogens (tertiary/aromatic N) is 4. The van der Waals surface area contributed by atoms with E-state index in [4.69, 9.17) is 5.11 Å². The molecule has 7 heteroatoms. The minimum Gasteiger partial charge on any atom is -0.400 e. The van der Waals surface area contributed by atoms with E-state index >= 15 is 0 Å². The molecule has 1 amide bonds. The molecule has 1 aliphatic rings. The van der Waals surface area contributed by atoms with Crippen molar-refractivity contribution in [1.29, 1.82) is 0 Å². The van der Waals surface area contributed by atoms with Crippen LogP contribution >= 0.6 is 0 Å². The Kier molecular flexibility index (Phi) is 6.02. The number of carbonyl (C=O) groups excluding carboxylic acids is 1. The number of amides is 1. The van der Waals surface area contributed by atoms with E-state index in [0.29, 0.717) is 11.6 Å². The summed E-state index contributed by atoms with van der Waals surface area (Å²) >= 11 is 0. The number of rotatable bonds is 3. The molecule has 1 aliphatic carbocycles. The summed E-state index contributed by atoms with van der Waals surface area (Å²) in [5.74, 6) is 0.333. The van der Waals surface area contributed by atoms with Crippen molar-refractivity contribution in [1.82, 2.24) is 24.8 Å². The maximum atomic E-state index is 12.2. The molecule has 1 saturated carbocycles. The van der Waals surface area contributed by atoms with Crippen LogP contribution in [-0.2, 0) is 0 Å². The van der Waals surface area contributed by atoms with Crippen LogP contribution < -0.4 is 5.32 Å². The SMILES string of the molecule is CO.O=C(NC1CCCCC1)c1ccnc(-n2ccnc2)n1.[HH]. The van der Waals surface area contributed by atoms with Crippen molar-refractivity contribution in [2.24, 2.45) is 0 Å². The summed E-state index contributed by atoms with van der Waals surface area (Å²) in [5.41, 5.74) is 0.397. The van der Waals surface area contributed by atoms with E-state index in [1.54, 1.807) is 35.6 Å². The Morgan fingerprint density at radius 3 is 2.77 bits per heavy atom. The molecule has 0 bridgehead atoms. The predicted octanol–water partition coefficient (Wildman–Crippen LogP) is 1.58. The molecule has 0 unspecified atom stereocenters.